The number of nitrogens with one attached hydrogen (secondary N) is 6. The number of rotatable bonds is 27. The summed E-state index contributed by atoms with van der Waals surface area (Å²) in [5.74, 6) is 1.44. The van der Waals surface area contributed by atoms with E-state index in [1.807, 2.05) is 112 Å². The fraction of sp³-hybridized carbons (Fsp3) is 0.422. The molecule has 5 aromatic carbocycles. The van der Waals surface area contributed by atoms with E-state index in [0.29, 0.717) is 148 Å². The molecule has 26 nitrogen and oxygen atoms in total. The molecule has 6 N–H and O–H groups in total. The minimum Gasteiger partial charge on any atom is -0.385 e. The number of ether oxygens (including phenoxy) is 3. The fourth-order valence-corrected chi connectivity index (χ4v) is 14.0. The molecule has 6 heterocycles. The number of methoxy groups -OCH3 is 1. The second-order valence-corrected chi connectivity index (χ2v) is 29.7. The van der Waals surface area contributed by atoms with E-state index in [4.69, 9.17) is 29.4 Å². The van der Waals surface area contributed by atoms with Gasteiger partial charge in [-0.05, 0) is 121 Å². The third-order valence-electron chi connectivity index (χ3n) is 20.6. The van der Waals surface area contributed by atoms with Crippen molar-refractivity contribution in [1.29, 1.82) is 5.26 Å². The van der Waals surface area contributed by atoms with Crippen LogP contribution in [0.5, 0.6) is 0 Å². The number of benzene rings is 5. The van der Waals surface area contributed by atoms with Crippen LogP contribution in [0.25, 0.3) is 45.0 Å². The number of morpholine rings is 2. The minimum absolute atomic E-state index is 0. The summed E-state index contributed by atoms with van der Waals surface area (Å²) in [6.45, 7) is 22.3. The van der Waals surface area contributed by atoms with Gasteiger partial charge in [-0.15, -0.1) is 0 Å². The molecular formula is C90H119FN18O8. The van der Waals surface area contributed by atoms with Crippen molar-refractivity contribution >= 4 is 53.3 Å². The Morgan fingerprint density at radius 2 is 1.18 bits per heavy atom. The molecule has 2 saturated heterocycles. The number of hydrogen-bond donors (Lipinski definition) is 6. The van der Waals surface area contributed by atoms with E-state index in [1.54, 1.807) is 60.9 Å². The van der Waals surface area contributed by atoms with Gasteiger partial charge in [0.1, 0.15) is 5.82 Å². The number of nitrogens with zero attached hydrogens (tertiary/aromatic N) is 12. The summed E-state index contributed by atoms with van der Waals surface area (Å²) in [4.78, 5) is 105. The summed E-state index contributed by atoms with van der Waals surface area (Å²) in [7, 11) is 1.65. The van der Waals surface area contributed by atoms with Crippen LogP contribution in [0.3, 0.4) is 0 Å². The lowest BCUT2D eigenvalue weighted by Crippen LogP contribution is -2.41. The maximum absolute atomic E-state index is 14.7. The van der Waals surface area contributed by atoms with Gasteiger partial charge in [0, 0.05) is 151 Å². The molecule has 9 aromatic rings. The Bertz CT molecular complexity index is 4820. The molecule has 4 aliphatic rings. The summed E-state index contributed by atoms with van der Waals surface area (Å²) in [6.07, 6.45) is 20.4. The molecule has 117 heavy (non-hydrogen) atoms. The number of halogens is 1. The minimum atomic E-state index is -0.476. The Morgan fingerprint density at radius 1 is 0.607 bits per heavy atom. The van der Waals surface area contributed by atoms with Crippen LogP contribution in [0.1, 0.15) is 180 Å². The molecule has 2 saturated carbocycles. The molecule has 1 atom stereocenters. The van der Waals surface area contributed by atoms with Crippen LogP contribution in [0.15, 0.2) is 146 Å². The van der Waals surface area contributed by atoms with E-state index in [2.05, 4.69) is 91.8 Å². The van der Waals surface area contributed by atoms with E-state index in [0.717, 1.165) is 84.3 Å². The van der Waals surface area contributed by atoms with Crippen molar-refractivity contribution < 1.29 is 48.3 Å². The number of aryl methyl sites for hydroxylation is 3. The maximum Gasteiger partial charge on any atom is 0.257 e. The van der Waals surface area contributed by atoms with Crippen molar-refractivity contribution in [3.8, 4) is 51.1 Å². The van der Waals surface area contributed by atoms with Gasteiger partial charge in [-0.3, -0.25) is 24.0 Å². The van der Waals surface area contributed by atoms with Crippen LogP contribution in [0.4, 0.5) is 28.2 Å². The Morgan fingerprint density at radius 3 is 1.81 bits per heavy atom. The van der Waals surface area contributed by atoms with Crippen molar-refractivity contribution in [3.63, 3.8) is 0 Å². The first-order valence-electron chi connectivity index (χ1n) is 40.9. The molecule has 2 aliphatic carbocycles. The van der Waals surface area contributed by atoms with Gasteiger partial charge in [0.05, 0.1) is 83.1 Å². The number of nitriles is 1. The highest BCUT2D eigenvalue weighted by Crippen LogP contribution is 2.32. The summed E-state index contributed by atoms with van der Waals surface area (Å²) < 4.78 is 30.5. The average Bonchev–Trinajstić information content (AvgIpc) is 0.824. The van der Waals surface area contributed by atoms with Crippen LogP contribution in [0.2, 0.25) is 0 Å². The van der Waals surface area contributed by atoms with E-state index in [-0.39, 0.29) is 64.1 Å². The number of aromatic nitrogens is 8. The lowest BCUT2D eigenvalue weighted by Gasteiger charge is -2.27. The largest absolute Gasteiger partial charge is 0.385 e. The molecule has 0 spiro atoms. The monoisotopic (exact) mass is 1600 g/mol. The summed E-state index contributed by atoms with van der Waals surface area (Å²) in [5, 5.41) is 27.5. The van der Waals surface area contributed by atoms with Crippen molar-refractivity contribution in [2.75, 3.05) is 120 Å². The molecule has 0 radical (unpaired) electrons. The van der Waals surface area contributed by atoms with Gasteiger partial charge >= 0.3 is 0 Å². The lowest BCUT2D eigenvalue weighted by molar-refractivity contribution is -0.118. The maximum atomic E-state index is 14.7. The second-order valence-electron chi connectivity index (χ2n) is 29.7. The van der Waals surface area contributed by atoms with E-state index < -0.39 is 5.82 Å². The van der Waals surface area contributed by atoms with Crippen molar-refractivity contribution in [2.45, 2.75) is 144 Å². The molecule has 5 amide bonds. The van der Waals surface area contributed by atoms with E-state index in [1.165, 1.54) is 70.6 Å². The van der Waals surface area contributed by atoms with Crippen LogP contribution in [-0.2, 0) is 25.5 Å². The van der Waals surface area contributed by atoms with Gasteiger partial charge in [0.15, 0.2) is 0 Å². The molecule has 624 valence electrons. The van der Waals surface area contributed by atoms with Crippen LogP contribution < -0.4 is 36.8 Å². The van der Waals surface area contributed by atoms with E-state index in [9.17, 15) is 28.4 Å². The number of carbonyl (C=O) groups is 5. The Kier molecular flexibility index (Phi) is 34.1. The van der Waals surface area contributed by atoms with Gasteiger partial charge in [0.2, 0.25) is 29.7 Å². The van der Waals surface area contributed by atoms with Crippen LogP contribution >= 0.6 is 0 Å². The highest BCUT2D eigenvalue weighted by molar-refractivity contribution is 6.02. The first-order chi connectivity index (χ1) is 56.9. The van der Waals surface area contributed by atoms with Gasteiger partial charge in [-0.2, -0.15) is 5.26 Å². The fourth-order valence-electron chi connectivity index (χ4n) is 14.0. The Balaban J connectivity index is 0.000000248. The van der Waals surface area contributed by atoms with Crippen molar-refractivity contribution in [3.05, 3.63) is 202 Å². The average molecular weight is 1600 g/mol. The predicted molar refractivity (Wildman–Crippen MR) is 463 cm³/mol. The molecule has 2 aliphatic heterocycles. The standard InChI is InChI=1S/C25H28FN5O2.C23H30N4O2.C22H27N5O.C20H26N4O3.4H2/c1-4-31(16-19-9-7-8-17(2)14-19)24(33)21-15-29-25(28-13-12-27-18(3)32)30-23(21)20-10-5-6-11-22(20)26;1-17-6-5-9-19(14-17)21-20(22(28)27-10-12-29-13-11-27)16-25-23(26-21)24-15-18-7-3-2-4-8-18;1-3-15(2)25-21(28)19-14-24-22(26-18-7-5-4-6-8-18)27-20(19)17-11-9-16(13-23)10-12-17;1-15-5-3-6-16(13-15)18-17(19(25)21-7-4-10-26-2)14-22-20(23-18)24-8-11-27-12-9-24;;;;/h5-11,14-15H,4,12-13,16H2,1-3H3,(H,27,32)(H,28,29,30);5-6,9,14,16,18H,2-4,7-8,10-13,15H2,1H3,(H,24,25,26);9-12,14-15,18H,3-8H2,1-2H3,(H,25,28)(H,24,26,27);3,5-6,13-14H,4,7-12H2,1-2H3,(H,21,25);4*1H. The molecule has 27 heteroatoms. The lowest BCUT2D eigenvalue weighted by atomic mass is 9.89. The first kappa shape index (κ1) is 87.7. The molecule has 1 unspecified atom stereocenters. The Hall–Kier alpha value is -11.7. The normalized spacial score (nSPS) is 14.4. The van der Waals surface area contributed by atoms with E-state index >= 15 is 0 Å². The number of amides is 5. The number of hydrogen-bond acceptors (Lipinski definition) is 21. The zero-order valence-electron chi connectivity index (χ0n) is 68.7. The smallest absolute Gasteiger partial charge is 0.257 e. The van der Waals surface area contributed by atoms with Crippen molar-refractivity contribution in [2.24, 2.45) is 5.92 Å². The third kappa shape index (κ3) is 26.4. The Labute approximate surface area is 692 Å². The summed E-state index contributed by atoms with van der Waals surface area (Å²) in [6, 6.07) is 40.0. The van der Waals surface area contributed by atoms with Crippen LogP contribution in [-0.4, -0.2) is 190 Å². The van der Waals surface area contributed by atoms with Gasteiger partial charge in [-0.1, -0.05) is 147 Å². The zero-order chi connectivity index (χ0) is 82.8. The van der Waals surface area contributed by atoms with Crippen molar-refractivity contribution in [1.82, 2.24) is 65.6 Å². The number of carbonyl (C=O) groups excluding carboxylic acids is 5. The topological polar surface area (TPSA) is 322 Å². The highest BCUT2D eigenvalue weighted by atomic mass is 19.1. The van der Waals surface area contributed by atoms with Gasteiger partial charge in [-0.25, -0.2) is 44.3 Å². The third-order valence-corrected chi connectivity index (χ3v) is 20.6. The highest BCUT2D eigenvalue weighted by Gasteiger charge is 2.28. The summed E-state index contributed by atoms with van der Waals surface area (Å²) >= 11 is 0. The molecule has 4 aromatic heterocycles. The zero-order valence-corrected chi connectivity index (χ0v) is 68.7. The quantitative estimate of drug-likeness (QED) is 0.0261. The van der Waals surface area contributed by atoms with Crippen LogP contribution in [0, 0.1) is 43.8 Å². The van der Waals surface area contributed by atoms with Gasteiger partial charge < -0.3 is 60.8 Å². The predicted octanol–water partition coefficient (Wildman–Crippen LogP) is 15.0. The second kappa shape index (κ2) is 45.5. The summed E-state index contributed by atoms with van der Waals surface area (Å²) in [5.41, 5.74) is 11.7. The first-order valence-corrected chi connectivity index (χ1v) is 40.9. The molecule has 4 fully saturated rings. The molecular weight excluding hydrogens is 1480 g/mol. The molecule has 0 bridgehead atoms. The van der Waals surface area contributed by atoms with Gasteiger partial charge in [0.25, 0.3) is 23.6 Å². The number of anilines is 4. The SMILES string of the molecule is CCC(C)NC(=O)c1cnc(NC2CCCCC2)nc1-c1ccc(C#N)cc1.CCN(Cc1cccc(C)c1)C(=O)c1cnc(NCCNC(C)=O)nc1-c1ccccc1F.COCCCNC(=O)c1cnc(N2CCOCC2)nc1-c1cccc(C)c1.Cc1cccc(-c2nc(NCC3CCCCC3)ncc2C(=O)N2CCOCC2)c1.[HH].[HH].[HH].[HH]. The molecule has 13 rings (SSSR count).